The number of aromatic nitrogens is 3. The number of pyridine rings is 1. The Morgan fingerprint density at radius 2 is 1.76 bits per heavy atom. The summed E-state index contributed by atoms with van der Waals surface area (Å²) in [6.07, 6.45) is 4.34. The van der Waals surface area contributed by atoms with E-state index in [0.29, 0.717) is 56.4 Å². The molecule has 5 aromatic rings. The maximum absolute atomic E-state index is 14.7. The van der Waals surface area contributed by atoms with E-state index in [4.69, 9.17) is 15.5 Å². The van der Waals surface area contributed by atoms with E-state index in [1.165, 1.54) is 5.56 Å². The normalized spacial score (nSPS) is 16.7. The van der Waals surface area contributed by atoms with Crippen molar-refractivity contribution in [2.75, 3.05) is 38.2 Å². The lowest BCUT2D eigenvalue weighted by molar-refractivity contribution is 0.0729. The SMILES string of the molecule is CCc1nc2c(cnn2CC)c(NC2CCOCC2)c1CN(Cc1cc(C)cc(-c2cccc(CN3CCN[C@@H](C)C3)c2)c1)C(=O)c1cccc(C(N)=O)c1. The van der Waals surface area contributed by atoms with Crippen LogP contribution >= 0.6 is 0 Å². The molecule has 4 N–H and O–H groups in total. The molecule has 2 aromatic heterocycles. The number of nitrogens with zero attached hydrogens (tertiary/aromatic N) is 5. The summed E-state index contributed by atoms with van der Waals surface area (Å²) in [5, 5.41) is 13.0. The van der Waals surface area contributed by atoms with Gasteiger partial charge in [-0.3, -0.25) is 14.5 Å². The van der Waals surface area contributed by atoms with Gasteiger partial charge in [0.05, 0.1) is 23.8 Å². The third-order valence-electron chi connectivity index (χ3n) is 10.8. The van der Waals surface area contributed by atoms with Crippen LogP contribution in [-0.4, -0.2) is 81.3 Å². The van der Waals surface area contributed by atoms with E-state index in [9.17, 15) is 9.59 Å². The zero-order valence-electron chi connectivity index (χ0n) is 32.6. The van der Waals surface area contributed by atoms with Crippen molar-refractivity contribution in [1.29, 1.82) is 0 Å². The minimum atomic E-state index is -0.572. The summed E-state index contributed by atoms with van der Waals surface area (Å²) >= 11 is 0. The number of primary amides is 1. The first-order valence-electron chi connectivity index (χ1n) is 19.7. The highest BCUT2D eigenvalue weighted by Crippen LogP contribution is 2.33. The molecule has 4 heterocycles. The molecule has 2 aliphatic rings. The van der Waals surface area contributed by atoms with Crippen LogP contribution in [0, 0.1) is 6.92 Å². The predicted molar refractivity (Wildman–Crippen MR) is 218 cm³/mol. The number of fused-ring (bicyclic) bond motifs is 1. The molecule has 7 rings (SSSR count). The number of carbonyl (C=O) groups excluding carboxylic acids is 2. The zero-order chi connectivity index (χ0) is 38.5. The molecule has 2 aliphatic heterocycles. The lowest BCUT2D eigenvalue weighted by Gasteiger charge is -2.31. The first kappa shape index (κ1) is 38.2. The van der Waals surface area contributed by atoms with Crippen molar-refractivity contribution in [3.8, 4) is 11.1 Å². The van der Waals surface area contributed by atoms with Crippen LogP contribution in [0.5, 0.6) is 0 Å². The van der Waals surface area contributed by atoms with Crippen LogP contribution in [0.4, 0.5) is 5.69 Å². The topological polar surface area (TPSA) is 131 Å². The Balaban J connectivity index is 1.27. The molecule has 55 heavy (non-hydrogen) atoms. The molecule has 1 atom stereocenters. The van der Waals surface area contributed by atoms with E-state index >= 15 is 0 Å². The third-order valence-corrected chi connectivity index (χ3v) is 10.8. The van der Waals surface area contributed by atoms with Crippen LogP contribution in [-0.2, 0) is 37.3 Å². The first-order chi connectivity index (χ1) is 26.7. The second-order valence-corrected chi connectivity index (χ2v) is 15.1. The van der Waals surface area contributed by atoms with Crippen LogP contribution in [0.25, 0.3) is 22.2 Å². The number of benzene rings is 3. The Kier molecular flexibility index (Phi) is 11.9. The molecule has 11 heteroatoms. The lowest BCUT2D eigenvalue weighted by atomic mass is 9.97. The van der Waals surface area contributed by atoms with Crippen molar-refractivity contribution in [1.82, 2.24) is 29.9 Å². The van der Waals surface area contributed by atoms with E-state index in [1.54, 1.807) is 24.3 Å². The maximum atomic E-state index is 14.7. The van der Waals surface area contributed by atoms with Gasteiger partial charge in [0, 0.05) is 87.0 Å². The smallest absolute Gasteiger partial charge is 0.254 e. The number of hydrogen-bond acceptors (Lipinski definition) is 8. The Morgan fingerprint density at radius 1 is 0.982 bits per heavy atom. The fourth-order valence-electron chi connectivity index (χ4n) is 8.06. The molecule has 0 unspecified atom stereocenters. The second kappa shape index (κ2) is 17.1. The quantitative estimate of drug-likeness (QED) is 0.128. The number of carbonyl (C=O) groups is 2. The van der Waals surface area contributed by atoms with Gasteiger partial charge >= 0.3 is 0 Å². The fraction of sp³-hybridized carbons (Fsp3) is 0.409. The van der Waals surface area contributed by atoms with E-state index in [-0.39, 0.29) is 11.9 Å². The first-order valence-corrected chi connectivity index (χ1v) is 19.7. The monoisotopic (exact) mass is 742 g/mol. The predicted octanol–water partition coefficient (Wildman–Crippen LogP) is 6.32. The van der Waals surface area contributed by atoms with Gasteiger partial charge in [0.2, 0.25) is 5.91 Å². The summed E-state index contributed by atoms with van der Waals surface area (Å²) in [5.74, 6) is -0.765. The number of ether oxygens (including phenoxy) is 1. The van der Waals surface area contributed by atoms with Crippen molar-refractivity contribution in [3.05, 3.63) is 112 Å². The Bertz CT molecular complexity index is 2160. The van der Waals surface area contributed by atoms with Gasteiger partial charge in [-0.25, -0.2) is 9.67 Å². The van der Waals surface area contributed by atoms with Crippen molar-refractivity contribution in [2.45, 2.75) is 85.2 Å². The van der Waals surface area contributed by atoms with Gasteiger partial charge in [0.1, 0.15) is 0 Å². The zero-order valence-corrected chi connectivity index (χ0v) is 32.6. The molecular formula is C44H54N8O3. The molecule has 2 saturated heterocycles. The van der Waals surface area contributed by atoms with Crippen molar-refractivity contribution >= 4 is 28.5 Å². The number of nitrogens with two attached hydrogens (primary N) is 1. The maximum Gasteiger partial charge on any atom is 0.254 e. The Hall–Kier alpha value is -5.10. The van der Waals surface area contributed by atoms with E-state index in [1.807, 2.05) is 15.8 Å². The molecule has 0 bridgehead atoms. The van der Waals surface area contributed by atoms with Crippen molar-refractivity contribution < 1.29 is 14.3 Å². The summed E-state index contributed by atoms with van der Waals surface area (Å²) < 4.78 is 7.63. The second-order valence-electron chi connectivity index (χ2n) is 15.1. The summed E-state index contributed by atoms with van der Waals surface area (Å²) in [7, 11) is 0. The van der Waals surface area contributed by atoms with Crippen LogP contribution in [0.1, 0.15) is 82.3 Å². The van der Waals surface area contributed by atoms with Gasteiger partial charge in [-0.15, -0.1) is 0 Å². The highest BCUT2D eigenvalue weighted by Gasteiger charge is 2.26. The number of hydrogen-bond donors (Lipinski definition) is 3. The average molecular weight is 743 g/mol. The van der Waals surface area contributed by atoms with Gasteiger partial charge in [0.25, 0.3) is 5.91 Å². The number of amides is 2. The highest BCUT2D eigenvalue weighted by molar-refractivity contribution is 5.99. The minimum Gasteiger partial charge on any atom is -0.381 e. The molecule has 2 fully saturated rings. The average Bonchev–Trinajstić information content (AvgIpc) is 3.61. The number of nitrogens with one attached hydrogen (secondary N) is 2. The highest BCUT2D eigenvalue weighted by atomic mass is 16.5. The molecule has 3 aromatic carbocycles. The molecule has 2 amide bonds. The summed E-state index contributed by atoms with van der Waals surface area (Å²) in [6, 6.07) is 22.8. The van der Waals surface area contributed by atoms with Gasteiger partial charge < -0.3 is 26.0 Å². The minimum absolute atomic E-state index is 0.193. The molecule has 0 saturated carbocycles. The van der Waals surface area contributed by atoms with Crippen molar-refractivity contribution in [2.24, 2.45) is 5.73 Å². The number of piperazine rings is 1. The molecule has 11 nitrogen and oxygen atoms in total. The summed E-state index contributed by atoms with van der Waals surface area (Å²) in [5.41, 5.74) is 15.7. The number of anilines is 1. The van der Waals surface area contributed by atoms with Crippen LogP contribution in [0.3, 0.4) is 0 Å². The van der Waals surface area contributed by atoms with Gasteiger partial charge in [0.15, 0.2) is 5.65 Å². The van der Waals surface area contributed by atoms with Gasteiger partial charge in [-0.05, 0) is 92.6 Å². The number of rotatable bonds is 13. The van der Waals surface area contributed by atoms with Crippen molar-refractivity contribution in [3.63, 3.8) is 0 Å². The Morgan fingerprint density at radius 3 is 2.53 bits per heavy atom. The van der Waals surface area contributed by atoms with Gasteiger partial charge in [-0.2, -0.15) is 5.10 Å². The molecule has 0 aliphatic carbocycles. The molecule has 288 valence electrons. The Labute approximate surface area is 324 Å². The largest absolute Gasteiger partial charge is 0.381 e. The lowest BCUT2D eigenvalue weighted by Crippen LogP contribution is -2.48. The van der Waals surface area contributed by atoms with Crippen LogP contribution < -0.4 is 16.4 Å². The third kappa shape index (κ3) is 8.91. The standard InChI is InChI=1S/C44H54N8O3/c1-5-40-39(41(48-37-13-17-55-18-14-37)38-24-47-52(6-2)43(38)49-40)28-51(44(54)35-12-8-11-34(23-35)42(45)53)27-32-19-29(3)20-36(22-32)33-10-7-9-31(21-33)26-50-16-15-46-30(4)25-50/h7-12,19-24,30,37,46H,5-6,13-18,25-28H2,1-4H3,(H2,45,53)(H,48,49)/t30-/m0/s1. The van der Waals surface area contributed by atoms with Crippen LogP contribution in [0.15, 0.2) is 72.9 Å². The van der Waals surface area contributed by atoms with E-state index in [2.05, 4.69) is 90.8 Å². The molecule has 0 spiro atoms. The van der Waals surface area contributed by atoms with E-state index < -0.39 is 5.91 Å². The molecular weight excluding hydrogens is 689 g/mol. The summed E-state index contributed by atoms with van der Waals surface area (Å²) in [4.78, 5) is 36.5. The van der Waals surface area contributed by atoms with E-state index in [0.717, 1.165) is 89.3 Å². The van der Waals surface area contributed by atoms with Crippen LogP contribution in [0.2, 0.25) is 0 Å². The number of aryl methyl sites for hydroxylation is 3. The van der Waals surface area contributed by atoms with Gasteiger partial charge in [-0.1, -0.05) is 48.9 Å². The fourth-order valence-corrected chi connectivity index (χ4v) is 8.06. The molecule has 0 radical (unpaired) electrons. The summed E-state index contributed by atoms with van der Waals surface area (Å²) in [6.45, 7) is 15.2.